The summed E-state index contributed by atoms with van der Waals surface area (Å²) in [5, 5.41) is 7.29. The minimum Gasteiger partial charge on any atom is -0.493 e. The number of ether oxygens (including phenoxy) is 3. The minimum atomic E-state index is -0.628. The Morgan fingerprint density at radius 2 is 1.97 bits per heavy atom. The first-order valence-corrected chi connectivity index (χ1v) is 11.7. The van der Waals surface area contributed by atoms with E-state index in [1.165, 1.54) is 11.1 Å². The van der Waals surface area contributed by atoms with Gasteiger partial charge in [-0.15, -0.1) is 0 Å². The van der Waals surface area contributed by atoms with Crippen molar-refractivity contribution >= 4 is 11.8 Å². The number of para-hydroxylation sites is 1. The lowest BCUT2D eigenvalue weighted by Crippen LogP contribution is -2.59. The third kappa shape index (κ3) is 3.59. The molecule has 1 spiro atoms. The van der Waals surface area contributed by atoms with Gasteiger partial charge in [-0.1, -0.05) is 24.3 Å². The highest BCUT2D eigenvalue weighted by molar-refractivity contribution is 6.02. The van der Waals surface area contributed by atoms with Gasteiger partial charge in [0.2, 0.25) is 5.72 Å². The minimum absolute atomic E-state index is 0.0644. The molecule has 0 aliphatic carbocycles. The number of piperidine rings is 1. The fraction of sp³-hybridized carbons (Fsp3) is 0.462. The standard InChI is InChI=1S/C26H31N3O4/c1-5-32-25(30)28-13-11-26(12-14-28)29-22(20-7-6-8-23(31-4)24(20)33-26)16-21(27-29)19-10-9-17(2)18(3)15-19/h6-10,15,22H,5,11-14,16H2,1-4H3/t22-/m1/s1. The van der Waals surface area contributed by atoms with Crippen LogP contribution in [-0.2, 0) is 4.74 Å². The van der Waals surface area contributed by atoms with Crippen LogP contribution in [0.2, 0.25) is 0 Å². The SMILES string of the molecule is CCOC(=O)N1CCC2(CC1)Oc1c(OC)cccc1[C@H]1CC(c3ccc(C)c(C)c3)=NN12. The molecule has 174 valence electrons. The fourth-order valence-electron chi connectivity index (χ4n) is 5.11. The molecule has 2 aromatic carbocycles. The maximum atomic E-state index is 12.3. The molecule has 1 amide bonds. The van der Waals surface area contributed by atoms with E-state index in [0.29, 0.717) is 32.5 Å². The molecule has 2 aromatic rings. The summed E-state index contributed by atoms with van der Waals surface area (Å²) in [6.07, 6.45) is 1.82. The summed E-state index contributed by atoms with van der Waals surface area (Å²) in [5.41, 5.74) is 5.21. The highest BCUT2D eigenvalue weighted by atomic mass is 16.6. The van der Waals surface area contributed by atoms with E-state index in [2.05, 4.69) is 43.1 Å². The molecule has 3 aliphatic rings. The van der Waals surface area contributed by atoms with Crippen LogP contribution in [0.3, 0.4) is 0 Å². The molecule has 3 aliphatic heterocycles. The molecule has 0 radical (unpaired) electrons. The number of fused-ring (bicyclic) bond motifs is 4. The van der Waals surface area contributed by atoms with Gasteiger partial charge in [-0.3, -0.25) is 0 Å². The van der Waals surface area contributed by atoms with E-state index in [9.17, 15) is 4.79 Å². The van der Waals surface area contributed by atoms with Crippen molar-refractivity contribution in [2.75, 3.05) is 26.8 Å². The monoisotopic (exact) mass is 449 g/mol. The first kappa shape index (κ1) is 21.6. The van der Waals surface area contributed by atoms with Crippen LogP contribution in [0.1, 0.15) is 54.5 Å². The van der Waals surface area contributed by atoms with E-state index in [1.807, 2.05) is 19.1 Å². The Morgan fingerprint density at radius 1 is 1.18 bits per heavy atom. The molecule has 0 aromatic heterocycles. The van der Waals surface area contributed by atoms with E-state index >= 15 is 0 Å². The number of amides is 1. The predicted octanol–water partition coefficient (Wildman–Crippen LogP) is 4.80. The molecule has 0 saturated carbocycles. The lowest BCUT2D eigenvalue weighted by Gasteiger charge is -2.51. The second-order valence-corrected chi connectivity index (χ2v) is 9.02. The van der Waals surface area contributed by atoms with Crippen LogP contribution in [0.5, 0.6) is 11.5 Å². The number of carbonyl (C=O) groups is 1. The van der Waals surface area contributed by atoms with Gasteiger partial charge in [-0.2, -0.15) is 5.10 Å². The van der Waals surface area contributed by atoms with Crippen molar-refractivity contribution in [2.24, 2.45) is 5.10 Å². The van der Waals surface area contributed by atoms with Gasteiger partial charge in [0.25, 0.3) is 0 Å². The number of aryl methyl sites for hydroxylation is 2. The summed E-state index contributed by atoms with van der Waals surface area (Å²) in [6, 6.07) is 12.7. The first-order chi connectivity index (χ1) is 16.0. The number of carbonyl (C=O) groups excluding carboxylic acids is 1. The third-order valence-corrected chi connectivity index (χ3v) is 7.12. The molecule has 3 heterocycles. The van der Waals surface area contributed by atoms with Gasteiger partial charge in [0.1, 0.15) is 0 Å². The average molecular weight is 450 g/mol. The Morgan fingerprint density at radius 3 is 2.67 bits per heavy atom. The van der Waals surface area contributed by atoms with Crippen LogP contribution < -0.4 is 9.47 Å². The molecule has 0 N–H and O–H groups in total. The van der Waals surface area contributed by atoms with E-state index in [1.54, 1.807) is 12.0 Å². The van der Waals surface area contributed by atoms with Gasteiger partial charge in [0.15, 0.2) is 11.5 Å². The molecular weight excluding hydrogens is 418 g/mol. The maximum absolute atomic E-state index is 12.3. The summed E-state index contributed by atoms with van der Waals surface area (Å²) in [7, 11) is 1.67. The molecule has 7 heteroatoms. The van der Waals surface area contributed by atoms with Crippen molar-refractivity contribution in [1.82, 2.24) is 9.91 Å². The van der Waals surface area contributed by atoms with Gasteiger partial charge in [0.05, 0.1) is 25.5 Å². The van der Waals surface area contributed by atoms with Gasteiger partial charge < -0.3 is 19.1 Å². The summed E-state index contributed by atoms with van der Waals surface area (Å²) in [6.45, 7) is 7.58. The number of methoxy groups -OCH3 is 1. The number of hydrazone groups is 1. The largest absolute Gasteiger partial charge is 0.493 e. The molecule has 7 nitrogen and oxygen atoms in total. The second-order valence-electron chi connectivity index (χ2n) is 9.02. The maximum Gasteiger partial charge on any atom is 0.409 e. The molecule has 0 unspecified atom stereocenters. The molecule has 1 saturated heterocycles. The number of hydrogen-bond donors (Lipinski definition) is 0. The zero-order valence-corrected chi connectivity index (χ0v) is 19.8. The van der Waals surface area contributed by atoms with Gasteiger partial charge in [-0.25, -0.2) is 9.80 Å². The predicted molar refractivity (Wildman–Crippen MR) is 126 cm³/mol. The number of benzene rings is 2. The number of nitrogens with zero attached hydrogens (tertiary/aromatic N) is 3. The lowest BCUT2D eigenvalue weighted by atomic mass is 9.90. The van der Waals surface area contributed by atoms with Crippen molar-refractivity contribution in [3.8, 4) is 11.5 Å². The van der Waals surface area contributed by atoms with Crippen LogP contribution in [0.25, 0.3) is 0 Å². The molecule has 1 fully saturated rings. The molecule has 5 rings (SSSR count). The van der Waals surface area contributed by atoms with Crippen LogP contribution in [0, 0.1) is 13.8 Å². The highest BCUT2D eigenvalue weighted by Gasteiger charge is 2.53. The van der Waals surface area contributed by atoms with Crippen molar-refractivity contribution < 1.29 is 19.0 Å². The Balaban J connectivity index is 1.52. The van der Waals surface area contributed by atoms with Crippen LogP contribution in [0.4, 0.5) is 4.79 Å². The Labute approximate surface area is 194 Å². The average Bonchev–Trinajstić information content (AvgIpc) is 3.28. The number of likely N-dealkylation sites (tertiary alicyclic amines) is 1. The van der Waals surface area contributed by atoms with Crippen LogP contribution in [0.15, 0.2) is 41.5 Å². The summed E-state index contributed by atoms with van der Waals surface area (Å²) in [5.74, 6) is 1.53. The second kappa shape index (κ2) is 8.28. The fourth-order valence-corrected chi connectivity index (χ4v) is 5.11. The summed E-state index contributed by atoms with van der Waals surface area (Å²) < 4.78 is 17.6. The molecular formula is C26H31N3O4. The first-order valence-electron chi connectivity index (χ1n) is 11.7. The normalized spacial score (nSPS) is 20.6. The third-order valence-electron chi connectivity index (χ3n) is 7.12. The van der Waals surface area contributed by atoms with Crippen LogP contribution >= 0.6 is 0 Å². The lowest BCUT2D eigenvalue weighted by molar-refractivity contribution is -0.148. The number of hydrogen-bond acceptors (Lipinski definition) is 6. The van der Waals surface area contributed by atoms with Gasteiger partial charge >= 0.3 is 6.09 Å². The van der Waals surface area contributed by atoms with Gasteiger partial charge in [-0.05, 0) is 49.6 Å². The van der Waals surface area contributed by atoms with E-state index in [0.717, 1.165) is 34.8 Å². The van der Waals surface area contributed by atoms with E-state index < -0.39 is 5.72 Å². The van der Waals surface area contributed by atoms with Crippen molar-refractivity contribution in [3.63, 3.8) is 0 Å². The summed E-state index contributed by atoms with van der Waals surface area (Å²) >= 11 is 0. The van der Waals surface area contributed by atoms with Gasteiger partial charge in [0, 0.05) is 37.9 Å². The van der Waals surface area contributed by atoms with E-state index in [4.69, 9.17) is 19.3 Å². The highest BCUT2D eigenvalue weighted by Crippen LogP contribution is 2.52. The van der Waals surface area contributed by atoms with Crippen LogP contribution in [-0.4, -0.2) is 54.2 Å². The molecule has 0 bridgehead atoms. The van der Waals surface area contributed by atoms with Crippen molar-refractivity contribution in [2.45, 2.75) is 51.8 Å². The Bertz CT molecular complexity index is 1100. The Hall–Kier alpha value is -3.22. The Kier molecular flexibility index (Phi) is 5.43. The molecule has 33 heavy (non-hydrogen) atoms. The van der Waals surface area contributed by atoms with Crippen molar-refractivity contribution in [3.05, 3.63) is 58.7 Å². The smallest absolute Gasteiger partial charge is 0.409 e. The van der Waals surface area contributed by atoms with E-state index in [-0.39, 0.29) is 12.1 Å². The number of rotatable bonds is 3. The topological polar surface area (TPSA) is 63.6 Å². The zero-order valence-electron chi connectivity index (χ0n) is 19.8. The van der Waals surface area contributed by atoms with Crippen molar-refractivity contribution in [1.29, 1.82) is 0 Å². The molecule has 1 atom stereocenters. The summed E-state index contributed by atoms with van der Waals surface area (Å²) in [4.78, 5) is 14.1. The quantitative estimate of drug-likeness (QED) is 0.673. The zero-order chi connectivity index (χ0) is 23.2.